The molecule has 2 aromatic heterocycles. The molecule has 1 atom stereocenters. The second-order valence-electron chi connectivity index (χ2n) is 6.94. The van der Waals surface area contributed by atoms with Crippen LogP contribution in [-0.2, 0) is 14.1 Å². The summed E-state index contributed by atoms with van der Waals surface area (Å²) in [6.45, 7) is 5.44. The largest absolute Gasteiger partial charge is 0.355 e. The van der Waals surface area contributed by atoms with Gasteiger partial charge in [0.05, 0.1) is 5.69 Å². The van der Waals surface area contributed by atoms with E-state index in [-0.39, 0.29) is 17.6 Å². The van der Waals surface area contributed by atoms with Crippen molar-refractivity contribution >= 4 is 17.5 Å². The van der Waals surface area contributed by atoms with Crippen molar-refractivity contribution in [1.29, 1.82) is 0 Å². The Morgan fingerprint density at radius 1 is 1.31 bits per heavy atom. The highest BCUT2D eigenvalue weighted by Crippen LogP contribution is 2.20. The average molecular weight is 358 g/mol. The molecule has 1 aliphatic heterocycles. The molecular weight excluding hydrogens is 332 g/mol. The highest BCUT2D eigenvalue weighted by Gasteiger charge is 2.24. The molecule has 0 bridgehead atoms. The van der Waals surface area contributed by atoms with Gasteiger partial charge < -0.3 is 20.1 Å². The molecule has 0 radical (unpaired) electrons. The lowest BCUT2D eigenvalue weighted by atomic mass is 10.1. The molecule has 0 aromatic carbocycles. The van der Waals surface area contributed by atoms with Crippen molar-refractivity contribution in [3.05, 3.63) is 39.9 Å². The number of anilines is 2. The minimum Gasteiger partial charge on any atom is -0.355 e. The molecule has 1 aliphatic rings. The molecule has 2 N–H and O–H groups in total. The number of carbonyl (C=O) groups is 1. The number of aromatic nitrogens is 3. The van der Waals surface area contributed by atoms with Crippen LogP contribution in [0.4, 0.5) is 16.3 Å². The van der Waals surface area contributed by atoms with Crippen molar-refractivity contribution in [2.24, 2.45) is 14.1 Å². The summed E-state index contributed by atoms with van der Waals surface area (Å²) < 4.78 is 3.32. The van der Waals surface area contributed by atoms with Gasteiger partial charge in [0.15, 0.2) is 0 Å². The number of hydrogen-bond donors (Lipinski definition) is 2. The number of pyridine rings is 1. The Hall–Kier alpha value is -2.77. The third-order valence-corrected chi connectivity index (χ3v) is 4.77. The lowest BCUT2D eigenvalue weighted by Gasteiger charge is -2.34. The van der Waals surface area contributed by atoms with Gasteiger partial charge in [0.1, 0.15) is 11.5 Å². The first-order valence-corrected chi connectivity index (χ1v) is 8.84. The molecule has 0 spiro atoms. The van der Waals surface area contributed by atoms with Crippen LogP contribution in [0.2, 0.25) is 0 Å². The van der Waals surface area contributed by atoms with Gasteiger partial charge in [-0.1, -0.05) is 0 Å². The summed E-state index contributed by atoms with van der Waals surface area (Å²) in [6.07, 6.45) is 3.59. The number of hydrogen-bond acceptors (Lipinski definition) is 4. The molecule has 3 heterocycles. The van der Waals surface area contributed by atoms with E-state index in [1.165, 1.54) is 4.57 Å². The normalized spacial score (nSPS) is 17.2. The second kappa shape index (κ2) is 7.23. The van der Waals surface area contributed by atoms with Crippen LogP contribution >= 0.6 is 0 Å². The molecule has 1 unspecified atom stereocenters. The van der Waals surface area contributed by atoms with E-state index in [1.807, 2.05) is 31.6 Å². The van der Waals surface area contributed by atoms with Gasteiger partial charge in [0, 0.05) is 45.5 Å². The number of nitrogens with one attached hydrogen (secondary N) is 2. The molecule has 140 valence electrons. The van der Waals surface area contributed by atoms with E-state index in [0.717, 1.165) is 43.0 Å². The standard InChI is InChI=1S/C18H26N6O2/c1-12-7-9-22(3)17(25)16(12)20-18(26)19-14-6-5-8-24(11-14)15-10-13(2)21-23(15)4/h7,9-10,14H,5-6,8,11H2,1-4H3,(H2,19,20,26). The summed E-state index contributed by atoms with van der Waals surface area (Å²) in [5.74, 6) is 1.06. The fourth-order valence-electron chi connectivity index (χ4n) is 3.40. The number of rotatable bonds is 3. The zero-order valence-corrected chi connectivity index (χ0v) is 15.7. The van der Waals surface area contributed by atoms with Crippen molar-refractivity contribution < 1.29 is 4.79 Å². The Labute approximate surface area is 152 Å². The highest BCUT2D eigenvalue weighted by atomic mass is 16.2. The van der Waals surface area contributed by atoms with Gasteiger partial charge in [0.25, 0.3) is 5.56 Å². The smallest absolute Gasteiger partial charge is 0.319 e. The molecule has 8 nitrogen and oxygen atoms in total. The van der Waals surface area contributed by atoms with E-state index in [2.05, 4.69) is 26.7 Å². The number of nitrogens with zero attached hydrogens (tertiary/aromatic N) is 4. The van der Waals surface area contributed by atoms with E-state index in [1.54, 1.807) is 13.2 Å². The molecule has 26 heavy (non-hydrogen) atoms. The molecule has 0 saturated carbocycles. The lowest BCUT2D eigenvalue weighted by molar-refractivity contribution is 0.246. The van der Waals surface area contributed by atoms with Crippen molar-refractivity contribution in [2.75, 3.05) is 23.3 Å². The van der Waals surface area contributed by atoms with Crippen LogP contribution in [0.1, 0.15) is 24.1 Å². The number of piperidine rings is 1. The van der Waals surface area contributed by atoms with Gasteiger partial charge in [0.2, 0.25) is 0 Å². The molecule has 2 amide bonds. The number of amides is 2. The summed E-state index contributed by atoms with van der Waals surface area (Å²) in [4.78, 5) is 26.8. The van der Waals surface area contributed by atoms with Crippen molar-refractivity contribution in [1.82, 2.24) is 19.7 Å². The second-order valence-corrected chi connectivity index (χ2v) is 6.94. The Kier molecular flexibility index (Phi) is 5.01. The van der Waals surface area contributed by atoms with Crippen molar-refractivity contribution in [3.63, 3.8) is 0 Å². The fourth-order valence-corrected chi connectivity index (χ4v) is 3.40. The monoisotopic (exact) mass is 358 g/mol. The Morgan fingerprint density at radius 3 is 2.77 bits per heavy atom. The SMILES string of the molecule is Cc1cc(N2CCCC(NC(=O)Nc3c(C)ccn(C)c3=O)C2)n(C)n1. The van der Waals surface area contributed by atoms with Gasteiger partial charge in [-0.05, 0) is 38.3 Å². The van der Waals surface area contributed by atoms with Gasteiger partial charge in [-0.25, -0.2) is 4.79 Å². The third-order valence-electron chi connectivity index (χ3n) is 4.77. The number of carbonyl (C=O) groups excluding carboxylic acids is 1. The maximum Gasteiger partial charge on any atom is 0.319 e. The first kappa shape index (κ1) is 18.0. The summed E-state index contributed by atoms with van der Waals surface area (Å²) in [6, 6.07) is 3.54. The predicted octanol–water partition coefficient (Wildman–Crippen LogP) is 1.53. The Morgan fingerprint density at radius 2 is 2.08 bits per heavy atom. The number of urea groups is 1. The first-order valence-electron chi connectivity index (χ1n) is 8.84. The van der Waals surface area contributed by atoms with E-state index in [9.17, 15) is 9.59 Å². The fraction of sp³-hybridized carbons (Fsp3) is 0.500. The third kappa shape index (κ3) is 3.74. The van der Waals surface area contributed by atoms with Gasteiger partial charge in [-0.3, -0.25) is 9.48 Å². The van der Waals surface area contributed by atoms with Gasteiger partial charge in [-0.2, -0.15) is 5.10 Å². The summed E-state index contributed by atoms with van der Waals surface area (Å²) in [5, 5.41) is 10.1. The topological polar surface area (TPSA) is 84.2 Å². The zero-order valence-electron chi connectivity index (χ0n) is 15.7. The molecular formula is C18H26N6O2. The van der Waals surface area contributed by atoms with Crippen LogP contribution in [0.3, 0.4) is 0 Å². The summed E-state index contributed by atoms with van der Waals surface area (Å²) in [7, 11) is 3.60. The van der Waals surface area contributed by atoms with Crippen LogP contribution in [0, 0.1) is 13.8 Å². The molecule has 3 rings (SSSR count). The Balaban J connectivity index is 1.65. The van der Waals surface area contributed by atoms with E-state index >= 15 is 0 Å². The number of aryl methyl sites for hydroxylation is 4. The molecule has 1 saturated heterocycles. The maximum atomic E-state index is 12.4. The van der Waals surface area contributed by atoms with Crippen LogP contribution in [-0.4, -0.2) is 39.5 Å². The molecule has 0 aliphatic carbocycles. The summed E-state index contributed by atoms with van der Waals surface area (Å²) >= 11 is 0. The van der Waals surface area contributed by atoms with Gasteiger partial charge in [-0.15, -0.1) is 0 Å². The maximum absolute atomic E-state index is 12.4. The first-order chi connectivity index (χ1) is 12.3. The van der Waals surface area contributed by atoms with Crippen molar-refractivity contribution in [3.8, 4) is 0 Å². The minimum absolute atomic E-state index is 0.0202. The average Bonchev–Trinajstić information content (AvgIpc) is 2.94. The summed E-state index contributed by atoms with van der Waals surface area (Å²) in [5.41, 5.74) is 1.84. The van der Waals surface area contributed by atoms with Crippen LogP contribution in [0.5, 0.6) is 0 Å². The van der Waals surface area contributed by atoms with E-state index < -0.39 is 0 Å². The Bertz CT molecular complexity index is 869. The van der Waals surface area contributed by atoms with Crippen LogP contribution in [0.25, 0.3) is 0 Å². The zero-order chi connectivity index (χ0) is 18.8. The van der Waals surface area contributed by atoms with E-state index in [0.29, 0.717) is 5.69 Å². The minimum atomic E-state index is -0.343. The molecule has 8 heteroatoms. The quantitative estimate of drug-likeness (QED) is 0.871. The predicted molar refractivity (Wildman–Crippen MR) is 102 cm³/mol. The highest BCUT2D eigenvalue weighted by molar-refractivity contribution is 5.90. The molecule has 2 aromatic rings. The van der Waals surface area contributed by atoms with Gasteiger partial charge >= 0.3 is 6.03 Å². The van der Waals surface area contributed by atoms with Crippen LogP contribution in [0.15, 0.2) is 23.1 Å². The van der Waals surface area contributed by atoms with Crippen LogP contribution < -0.4 is 21.1 Å². The van der Waals surface area contributed by atoms with E-state index in [4.69, 9.17) is 0 Å². The van der Waals surface area contributed by atoms with Crippen molar-refractivity contribution in [2.45, 2.75) is 32.7 Å². The lowest BCUT2D eigenvalue weighted by Crippen LogP contribution is -2.49. The molecule has 1 fully saturated rings.